The van der Waals surface area contributed by atoms with Crippen molar-refractivity contribution in [2.45, 2.75) is 46.8 Å². The zero-order valence-electron chi connectivity index (χ0n) is 20.6. The number of fused-ring (bicyclic) bond motifs is 2. The molecule has 0 fully saturated rings. The first-order valence-electron chi connectivity index (χ1n) is 12.4. The maximum absolute atomic E-state index is 13.1. The number of anilines is 2. The number of rotatable bonds is 8. The maximum atomic E-state index is 13.1. The molecule has 1 aromatic carbocycles. The van der Waals surface area contributed by atoms with Crippen molar-refractivity contribution in [2.24, 2.45) is 0 Å². The standard InChI is InChI=1S/C26H32N8O/c1-4-32(5-2)17-21-8-7-9-23(29-21)34-24-22(25(35)33(34)6-3)16-28-26(31-24)30-20-11-10-18-12-13-27-15-19(18)14-20/h7-11,14,16,27H,4-6,12-13,15,17H2,1-3H3,(H,28,30,31). The lowest BCUT2D eigenvalue weighted by molar-refractivity contribution is 0.292. The molecule has 9 heteroatoms. The van der Waals surface area contributed by atoms with Crippen molar-refractivity contribution in [2.75, 3.05) is 25.0 Å². The van der Waals surface area contributed by atoms with Crippen LogP contribution in [0, 0.1) is 0 Å². The van der Waals surface area contributed by atoms with Gasteiger partial charge in [-0.05, 0) is 68.4 Å². The summed E-state index contributed by atoms with van der Waals surface area (Å²) in [5.74, 6) is 1.12. The summed E-state index contributed by atoms with van der Waals surface area (Å²) in [5.41, 5.74) is 4.96. The molecule has 4 heterocycles. The van der Waals surface area contributed by atoms with Crippen molar-refractivity contribution in [3.05, 3.63) is 69.8 Å². The lowest BCUT2D eigenvalue weighted by Crippen LogP contribution is -2.24. The molecule has 0 atom stereocenters. The Morgan fingerprint density at radius 2 is 1.94 bits per heavy atom. The van der Waals surface area contributed by atoms with E-state index < -0.39 is 0 Å². The van der Waals surface area contributed by atoms with Crippen LogP contribution in [0.5, 0.6) is 0 Å². The molecule has 0 unspecified atom stereocenters. The van der Waals surface area contributed by atoms with Crippen LogP contribution >= 0.6 is 0 Å². The molecule has 0 spiro atoms. The fraction of sp³-hybridized carbons (Fsp3) is 0.385. The molecule has 1 aliphatic heterocycles. The van der Waals surface area contributed by atoms with E-state index in [-0.39, 0.29) is 5.56 Å². The smallest absolute Gasteiger partial charge is 0.278 e. The van der Waals surface area contributed by atoms with Crippen molar-refractivity contribution in [3.63, 3.8) is 0 Å². The Kier molecular flexibility index (Phi) is 6.61. The summed E-state index contributed by atoms with van der Waals surface area (Å²) in [5, 5.41) is 7.21. The molecule has 4 aromatic rings. The normalized spacial score (nSPS) is 13.4. The number of pyridine rings is 1. The van der Waals surface area contributed by atoms with E-state index in [1.54, 1.807) is 10.9 Å². The van der Waals surface area contributed by atoms with E-state index >= 15 is 0 Å². The van der Waals surface area contributed by atoms with Crippen LogP contribution in [0.1, 0.15) is 37.6 Å². The maximum Gasteiger partial charge on any atom is 0.278 e. The Bertz CT molecular complexity index is 1400. The molecular formula is C26H32N8O. The highest BCUT2D eigenvalue weighted by atomic mass is 16.1. The average molecular weight is 473 g/mol. The van der Waals surface area contributed by atoms with E-state index in [9.17, 15) is 4.79 Å². The van der Waals surface area contributed by atoms with Crippen LogP contribution in [0.4, 0.5) is 11.6 Å². The van der Waals surface area contributed by atoms with Crippen molar-refractivity contribution < 1.29 is 0 Å². The summed E-state index contributed by atoms with van der Waals surface area (Å²) in [6.07, 6.45) is 2.64. The molecule has 5 rings (SSSR count). The quantitative estimate of drug-likeness (QED) is 0.407. The molecule has 3 aromatic heterocycles. The zero-order chi connectivity index (χ0) is 24.4. The lowest BCUT2D eigenvalue weighted by atomic mass is 10.0. The number of nitrogens with one attached hydrogen (secondary N) is 2. The second-order valence-corrected chi connectivity index (χ2v) is 8.75. The van der Waals surface area contributed by atoms with E-state index in [1.165, 1.54) is 11.1 Å². The number of hydrogen-bond donors (Lipinski definition) is 2. The Morgan fingerprint density at radius 3 is 2.74 bits per heavy atom. The van der Waals surface area contributed by atoms with Gasteiger partial charge in [0.1, 0.15) is 5.39 Å². The minimum Gasteiger partial charge on any atom is -0.324 e. The Balaban J connectivity index is 1.54. The number of aromatic nitrogens is 5. The van der Waals surface area contributed by atoms with E-state index in [2.05, 4.69) is 52.6 Å². The number of nitrogens with zero attached hydrogens (tertiary/aromatic N) is 6. The second kappa shape index (κ2) is 9.97. The predicted octanol–water partition coefficient (Wildman–Crippen LogP) is 3.23. The topological polar surface area (TPSA) is 92.9 Å². The molecule has 0 amide bonds. The fourth-order valence-electron chi connectivity index (χ4n) is 4.64. The van der Waals surface area contributed by atoms with E-state index in [1.807, 2.05) is 29.8 Å². The highest BCUT2D eigenvalue weighted by molar-refractivity contribution is 5.77. The first-order chi connectivity index (χ1) is 17.1. The van der Waals surface area contributed by atoms with Crippen LogP contribution in [0.2, 0.25) is 0 Å². The largest absolute Gasteiger partial charge is 0.324 e. The fourth-order valence-corrected chi connectivity index (χ4v) is 4.64. The SMILES string of the molecule is CCN(CC)Cc1cccc(-n2c3nc(Nc4ccc5c(c4)CNCC5)ncc3c(=O)n2CC)n1. The van der Waals surface area contributed by atoms with Gasteiger partial charge in [0, 0.05) is 31.5 Å². The van der Waals surface area contributed by atoms with Crippen LogP contribution in [0.3, 0.4) is 0 Å². The first kappa shape index (κ1) is 23.2. The summed E-state index contributed by atoms with van der Waals surface area (Å²) >= 11 is 0. The molecule has 0 bridgehead atoms. The minimum absolute atomic E-state index is 0.121. The van der Waals surface area contributed by atoms with Gasteiger partial charge in [0.05, 0.1) is 5.69 Å². The molecule has 1 aliphatic rings. The molecule has 35 heavy (non-hydrogen) atoms. The molecule has 2 N–H and O–H groups in total. The molecule has 0 aliphatic carbocycles. The van der Waals surface area contributed by atoms with Gasteiger partial charge in [-0.2, -0.15) is 4.98 Å². The van der Waals surface area contributed by atoms with E-state index in [4.69, 9.17) is 9.97 Å². The van der Waals surface area contributed by atoms with Gasteiger partial charge in [-0.1, -0.05) is 26.0 Å². The van der Waals surface area contributed by atoms with Crippen molar-refractivity contribution in [3.8, 4) is 5.82 Å². The zero-order valence-corrected chi connectivity index (χ0v) is 20.6. The van der Waals surface area contributed by atoms with Crippen molar-refractivity contribution in [1.29, 1.82) is 0 Å². The monoisotopic (exact) mass is 472 g/mol. The van der Waals surface area contributed by atoms with Crippen LogP contribution in [-0.4, -0.2) is 48.8 Å². The van der Waals surface area contributed by atoms with Crippen LogP contribution in [-0.2, 0) is 26.1 Å². The minimum atomic E-state index is -0.121. The second-order valence-electron chi connectivity index (χ2n) is 8.75. The predicted molar refractivity (Wildman–Crippen MR) is 138 cm³/mol. The van der Waals surface area contributed by atoms with Crippen LogP contribution < -0.4 is 16.2 Å². The van der Waals surface area contributed by atoms with Crippen LogP contribution in [0.15, 0.2) is 47.4 Å². The Labute approximate surface area is 204 Å². The molecule has 9 nitrogen and oxygen atoms in total. The average Bonchev–Trinajstić information content (AvgIpc) is 3.18. The summed E-state index contributed by atoms with van der Waals surface area (Å²) in [6, 6.07) is 12.3. The number of hydrogen-bond acceptors (Lipinski definition) is 7. The third-order valence-electron chi connectivity index (χ3n) is 6.61. The van der Waals surface area contributed by atoms with Gasteiger partial charge in [-0.25, -0.2) is 19.3 Å². The third-order valence-corrected chi connectivity index (χ3v) is 6.61. The van der Waals surface area contributed by atoms with E-state index in [0.29, 0.717) is 29.3 Å². The van der Waals surface area contributed by atoms with Gasteiger partial charge in [-0.3, -0.25) is 9.69 Å². The molecule has 182 valence electrons. The van der Waals surface area contributed by atoms with Crippen molar-refractivity contribution in [1.82, 2.24) is 34.5 Å². The number of benzene rings is 1. The summed E-state index contributed by atoms with van der Waals surface area (Å²) in [7, 11) is 0. The lowest BCUT2D eigenvalue weighted by Gasteiger charge is -2.18. The molecule has 0 radical (unpaired) electrons. The van der Waals surface area contributed by atoms with Gasteiger partial charge in [0.15, 0.2) is 11.5 Å². The third kappa shape index (κ3) is 4.56. The molecule has 0 saturated heterocycles. The first-order valence-corrected chi connectivity index (χ1v) is 12.4. The summed E-state index contributed by atoms with van der Waals surface area (Å²) in [4.78, 5) is 29.5. The Hall–Kier alpha value is -3.56. The highest BCUT2D eigenvalue weighted by Gasteiger charge is 2.18. The van der Waals surface area contributed by atoms with Crippen LogP contribution in [0.25, 0.3) is 16.9 Å². The Morgan fingerprint density at radius 1 is 1.09 bits per heavy atom. The molecular weight excluding hydrogens is 440 g/mol. The van der Waals surface area contributed by atoms with Gasteiger partial charge in [-0.15, -0.1) is 0 Å². The van der Waals surface area contributed by atoms with Gasteiger partial charge < -0.3 is 10.6 Å². The summed E-state index contributed by atoms with van der Waals surface area (Å²) in [6.45, 7) is 11.3. The van der Waals surface area contributed by atoms with Gasteiger partial charge in [0.2, 0.25) is 5.95 Å². The molecule has 0 saturated carbocycles. The van der Waals surface area contributed by atoms with Gasteiger partial charge in [0.25, 0.3) is 5.56 Å². The summed E-state index contributed by atoms with van der Waals surface area (Å²) < 4.78 is 3.48. The van der Waals surface area contributed by atoms with Gasteiger partial charge >= 0.3 is 0 Å². The highest BCUT2D eigenvalue weighted by Crippen LogP contribution is 2.22. The van der Waals surface area contributed by atoms with Crippen molar-refractivity contribution >= 4 is 22.7 Å². The van der Waals surface area contributed by atoms with E-state index in [0.717, 1.165) is 50.5 Å².